The molecular weight excluding hydrogens is 361 g/mol. The Morgan fingerprint density at radius 2 is 1.89 bits per heavy atom. The fourth-order valence-electron chi connectivity index (χ4n) is 3.58. The van der Waals surface area contributed by atoms with Gasteiger partial charge >= 0.3 is 5.69 Å². The van der Waals surface area contributed by atoms with Gasteiger partial charge in [-0.2, -0.15) is 4.98 Å². The van der Waals surface area contributed by atoms with Gasteiger partial charge in [-0.05, 0) is 19.4 Å². The number of aryl methyl sites for hydroxylation is 3. The summed E-state index contributed by atoms with van der Waals surface area (Å²) in [6.45, 7) is 4.75. The molecule has 0 bridgehead atoms. The van der Waals surface area contributed by atoms with Gasteiger partial charge in [0, 0.05) is 31.0 Å². The number of hydrogen-bond acceptors (Lipinski definition) is 3. The van der Waals surface area contributed by atoms with Crippen LogP contribution >= 0.6 is 0 Å². The minimum Gasteiger partial charge on any atom is -0.314 e. The molecule has 0 aliphatic carbocycles. The standard InChI is InChI=1S/C20H22FN5O2/c1-4-5-10-24-13(2)11-25-16-17(22-19(24)25)23(3)20(28)26(18(16)27)12-14-8-6-7-9-15(14)21/h6-9,11H,4-5,10,12H2,1-3H3. The van der Waals surface area contributed by atoms with E-state index in [2.05, 4.69) is 16.5 Å². The van der Waals surface area contributed by atoms with Gasteiger partial charge in [-0.15, -0.1) is 0 Å². The molecule has 0 saturated carbocycles. The third-order valence-electron chi connectivity index (χ3n) is 5.16. The minimum absolute atomic E-state index is 0.128. The highest BCUT2D eigenvalue weighted by atomic mass is 19.1. The zero-order valence-corrected chi connectivity index (χ0v) is 16.1. The van der Waals surface area contributed by atoms with Crippen LogP contribution in [0.2, 0.25) is 0 Å². The number of benzene rings is 1. The molecule has 0 aliphatic rings. The van der Waals surface area contributed by atoms with E-state index in [4.69, 9.17) is 0 Å². The Morgan fingerprint density at radius 1 is 1.14 bits per heavy atom. The summed E-state index contributed by atoms with van der Waals surface area (Å²) in [5.41, 5.74) is 0.955. The Kier molecular flexibility index (Phi) is 4.41. The van der Waals surface area contributed by atoms with E-state index in [0.717, 1.165) is 29.6 Å². The number of imidazole rings is 2. The second-order valence-corrected chi connectivity index (χ2v) is 7.05. The van der Waals surface area contributed by atoms with Crippen LogP contribution in [0.15, 0.2) is 40.1 Å². The van der Waals surface area contributed by atoms with E-state index in [-0.39, 0.29) is 6.54 Å². The molecule has 4 aromatic rings. The molecule has 0 fully saturated rings. The zero-order valence-electron chi connectivity index (χ0n) is 16.1. The molecule has 0 saturated heterocycles. The van der Waals surface area contributed by atoms with Crippen LogP contribution in [0.3, 0.4) is 0 Å². The monoisotopic (exact) mass is 383 g/mol. The highest BCUT2D eigenvalue weighted by Gasteiger charge is 2.20. The fourth-order valence-corrected chi connectivity index (χ4v) is 3.58. The first-order valence-electron chi connectivity index (χ1n) is 9.35. The van der Waals surface area contributed by atoms with Crippen molar-refractivity contribution in [2.45, 2.75) is 39.8 Å². The van der Waals surface area contributed by atoms with Crippen LogP contribution in [0.5, 0.6) is 0 Å². The molecule has 3 heterocycles. The van der Waals surface area contributed by atoms with Crippen LogP contribution in [0.4, 0.5) is 4.39 Å². The number of rotatable bonds is 5. The van der Waals surface area contributed by atoms with E-state index in [9.17, 15) is 14.0 Å². The van der Waals surface area contributed by atoms with Crippen LogP contribution in [-0.2, 0) is 20.1 Å². The quantitative estimate of drug-likeness (QED) is 0.532. The highest BCUT2D eigenvalue weighted by Crippen LogP contribution is 2.17. The van der Waals surface area contributed by atoms with Gasteiger partial charge in [-0.25, -0.2) is 9.18 Å². The van der Waals surface area contributed by atoms with Crippen molar-refractivity contribution in [2.75, 3.05) is 0 Å². The SMILES string of the molecule is CCCCn1c(C)cn2c3c(=O)n(Cc4ccccc4F)c(=O)n(C)c3nc12. The molecule has 1 aromatic carbocycles. The Hall–Kier alpha value is -3.16. The average Bonchev–Trinajstić information content (AvgIpc) is 3.18. The first kappa shape index (κ1) is 18.2. The first-order valence-corrected chi connectivity index (χ1v) is 9.35. The predicted molar refractivity (Wildman–Crippen MR) is 105 cm³/mol. The van der Waals surface area contributed by atoms with Gasteiger partial charge in [0.15, 0.2) is 11.2 Å². The Bertz CT molecular complexity index is 1310. The molecule has 0 amide bonds. The van der Waals surface area contributed by atoms with Crippen LogP contribution in [0.1, 0.15) is 31.0 Å². The third kappa shape index (κ3) is 2.67. The van der Waals surface area contributed by atoms with Crippen molar-refractivity contribution in [3.8, 4) is 0 Å². The van der Waals surface area contributed by atoms with Gasteiger partial charge in [0.05, 0.1) is 6.54 Å². The molecule has 8 heteroatoms. The first-order chi connectivity index (χ1) is 13.4. The number of unbranched alkanes of at least 4 members (excludes halogenated alkanes) is 1. The van der Waals surface area contributed by atoms with Crippen molar-refractivity contribution in [3.05, 3.63) is 68.4 Å². The topological polar surface area (TPSA) is 66.2 Å². The van der Waals surface area contributed by atoms with Gasteiger partial charge in [-0.1, -0.05) is 31.5 Å². The Balaban J connectivity index is 1.98. The van der Waals surface area contributed by atoms with E-state index in [0.29, 0.717) is 22.5 Å². The molecule has 0 aliphatic heterocycles. The number of aromatic nitrogens is 5. The van der Waals surface area contributed by atoms with Crippen molar-refractivity contribution >= 4 is 16.9 Å². The zero-order chi connectivity index (χ0) is 20.0. The van der Waals surface area contributed by atoms with Gasteiger partial charge in [0.1, 0.15) is 5.82 Å². The molecular formula is C20H22FN5O2. The van der Waals surface area contributed by atoms with Gasteiger partial charge in [0.2, 0.25) is 5.78 Å². The molecule has 28 heavy (non-hydrogen) atoms. The lowest BCUT2D eigenvalue weighted by Crippen LogP contribution is -2.39. The molecule has 146 valence electrons. The summed E-state index contributed by atoms with van der Waals surface area (Å²) in [5.74, 6) is 0.188. The lowest BCUT2D eigenvalue weighted by atomic mass is 10.2. The number of halogens is 1. The van der Waals surface area contributed by atoms with Crippen LogP contribution < -0.4 is 11.2 Å². The average molecular weight is 383 g/mol. The van der Waals surface area contributed by atoms with E-state index < -0.39 is 17.1 Å². The normalized spacial score (nSPS) is 11.7. The molecule has 0 radical (unpaired) electrons. The summed E-state index contributed by atoms with van der Waals surface area (Å²) >= 11 is 0. The summed E-state index contributed by atoms with van der Waals surface area (Å²) in [6.07, 6.45) is 3.89. The Labute approximate surface area is 160 Å². The largest absolute Gasteiger partial charge is 0.332 e. The summed E-state index contributed by atoms with van der Waals surface area (Å²) in [5, 5.41) is 0. The Morgan fingerprint density at radius 3 is 2.61 bits per heavy atom. The highest BCUT2D eigenvalue weighted by molar-refractivity contribution is 5.75. The molecule has 0 atom stereocenters. The van der Waals surface area contributed by atoms with Crippen LogP contribution in [-0.4, -0.2) is 23.1 Å². The molecule has 4 rings (SSSR count). The van der Waals surface area contributed by atoms with Gasteiger partial charge < -0.3 is 4.57 Å². The second-order valence-electron chi connectivity index (χ2n) is 7.05. The van der Waals surface area contributed by atoms with Crippen molar-refractivity contribution in [1.82, 2.24) is 23.1 Å². The van der Waals surface area contributed by atoms with Crippen molar-refractivity contribution in [2.24, 2.45) is 7.05 Å². The molecule has 0 N–H and O–H groups in total. The van der Waals surface area contributed by atoms with Crippen molar-refractivity contribution in [3.63, 3.8) is 0 Å². The van der Waals surface area contributed by atoms with E-state index >= 15 is 0 Å². The van der Waals surface area contributed by atoms with Gasteiger partial charge in [-0.3, -0.25) is 18.3 Å². The minimum atomic E-state index is -0.515. The molecule has 0 unspecified atom stereocenters. The summed E-state index contributed by atoms with van der Waals surface area (Å²) in [7, 11) is 1.58. The fraction of sp³-hybridized carbons (Fsp3) is 0.350. The van der Waals surface area contributed by atoms with E-state index in [1.807, 2.05) is 13.1 Å². The number of fused-ring (bicyclic) bond motifs is 3. The maximum atomic E-state index is 14.1. The van der Waals surface area contributed by atoms with E-state index in [1.165, 1.54) is 10.6 Å². The van der Waals surface area contributed by atoms with Crippen molar-refractivity contribution < 1.29 is 4.39 Å². The lowest BCUT2D eigenvalue weighted by molar-refractivity contribution is 0.582. The molecule has 3 aromatic heterocycles. The molecule has 0 spiro atoms. The van der Waals surface area contributed by atoms with Crippen LogP contribution in [0.25, 0.3) is 16.9 Å². The number of nitrogens with zero attached hydrogens (tertiary/aromatic N) is 5. The van der Waals surface area contributed by atoms with E-state index in [1.54, 1.807) is 29.6 Å². The summed E-state index contributed by atoms with van der Waals surface area (Å²) < 4.78 is 20.3. The smallest absolute Gasteiger partial charge is 0.314 e. The van der Waals surface area contributed by atoms with Gasteiger partial charge in [0.25, 0.3) is 5.56 Å². The molecule has 7 nitrogen and oxygen atoms in total. The number of hydrogen-bond donors (Lipinski definition) is 0. The third-order valence-corrected chi connectivity index (χ3v) is 5.16. The van der Waals surface area contributed by atoms with Crippen molar-refractivity contribution in [1.29, 1.82) is 0 Å². The summed E-state index contributed by atoms with van der Waals surface area (Å²) in [4.78, 5) is 30.6. The summed E-state index contributed by atoms with van der Waals surface area (Å²) in [6, 6.07) is 6.15. The predicted octanol–water partition coefficient (Wildman–Crippen LogP) is 2.45. The lowest BCUT2D eigenvalue weighted by Gasteiger charge is -2.09. The maximum absolute atomic E-state index is 14.1. The maximum Gasteiger partial charge on any atom is 0.332 e. The van der Waals surface area contributed by atoms with Crippen LogP contribution in [0, 0.1) is 12.7 Å². The second kappa shape index (κ2) is 6.78.